The molecule has 2 aromatic rings. The van der Waals surface area contributed by atoms with Crippen LogP contribution in [-0.4, -0.2) is 16.3 Å². The fourth-order valence-corrected chi connectivity index (χ4v) is 3.29. The van der Waals surface area contributed by atoms with Gasteiger partial charge in [0.25, 0.3) is 0 Å². The van der Waals surface area contributed by atoms with Crippen LogP contribution in [0.2, 0.25) is 0 Å². The topological polar surface area (TPSA) is 53.1 Å². The Bertz CT molecular complexity index is 626. The SMILES string of the molecule is CCc1nn(C)c(COc2ccc(Br)c(CCN)c2)c1Br. The normalized spacial score (nSPS) is 10.9. The first kappa shape index (κ1) is 16.5. The van der Waals surface area contributed by atoms with Crippen molar-refractivity contribution in [3.8, 4) is 5.75 Å². The molecule has 0 saturated heterocycles. The Morgan fingerprint density at radius 3 is 2.71 bits per heavy atom. The van der Waals surface area contributed by atoms with Crippen LogP contribution in [0.5, 0.6) is 5.75 Å². The lowest BCUT2D eigenvalue weighted by Gasteiger charge is -2.10. The Hall–Kier alpha value is -0.850. The second kappa shape index (κ2) is 7.42. The molecule has 0 amide bonds. The van der Waals surface area contributed by atoms with E-state index in [0.717, 1.165) is 44.5 Å². The van der Waals surface area contributed by atoms with Gasteiger partial charge in [-0.1, -0.05) is 22.9 Å². The molecule has 1 aromatic heterocycles. The molecule has 0 aliphatic carbocycles. The number of benzene rings is 1. The summed E-state index contributed by atoms with van der Waals surface area (Å²) in [5.74, 6) is 0.841. The van der Waals surface area contributed by atoms with Gasteiger partial charge < -0.3 is 10.5 Å². The zero-order chi connectivity index (χ0) is 15.4. The third kappa shape index (κ3) is 3.87. The summed E-state index contributed by atoms with van der Waals surface area (Å²) in [7, 11) is 1.93. The van der Waals surface area contributed by atoms with E-state index in [0.29, 0.717) is 13.2 Å². The third-order valence-corrected chi connectivity index (χ3v) is 5.00. The molecule has 21 heavy (non-hydrogen) atoms. The average Bonchev–Trinajstić information content (AvgIpc) is 2.74. The van der Waals surface area contributed by atoms with E-state index in [1.807, 2.05) is 29.9 Å². The fourth-order valence-electron chi connectivity index (χ4n) is 2.12. The predicted molar refractivity (Wildman–Crippen MR) is 91.5 cm³/mol. The Morgan fingerprint density at radius 1 is 1.33 bits per heavy atom. The van der Waals surface area contributed by atoms with Gasteiger partial charge in [-0.3, -0.25) is 4.68 Å². The minimum Gasteiger partial charge on any atom is -0.487 e. The monoisotopic (exact) mass is 415 g/mol. The van der Waals surface area contributed by atoms with Gasteiger partial charge in [-0.05, 0) is 59.1 Å². The number of hydrogen-bond acceptors (Lipinski definition) is 3. The minimum absolute atomic E-state index is 0.480. The van der Waals surface area contributed by atoms with Crippen LogP contribution in [-0.2, 0) is 26.5 Å². The molecule has 2 rings (SSSR count). The van der Waals surface area contributed by atoms with Crippen molar-refractivity contribution in [2.45, 2.75) is 26.4 Å². The number of halogens is 2. The second-order valence-electron chi connectivity index (χ2n) is 4.77. The molecular formula is C15H19Br2N3O. The van der Waals surface area contributed by atoms with E-state index in [4.69, 9.17) is 10.5 Å². The number of aryl methyl sites for hydroxylation is 2. The highest BCUT2D eigenvalue weighted by atomic mass is 79.9. The molecule has 0 saturated carbocycles. The van der Waals surface area contributed by atoms with E-state index >= 15 is 0 Å². The van der Waals surface area contributed by atoms with Gasteiger partial charge in [0.15, 0.2) is 0 Å². The van der Waals surface area contributed by atoms with Crippen LogP contribution >= 0.6 is 31.9 Å². The standard InChI is InChI=1S/C15H19Br2N3O/c1-3-13-15(17)14(20(2)19-13)9-21-11-4-5-12(16)10(8-11)6-7-18/h4-5,8H,3,6-7,9,18H2,1-2H3. The highest BCUT2D eigenvalue weighted by molar-refractivity contribution is 9.10. The van der Waals surface area contributed by atoms with Crippen LogP contribution in [0.4, 0.5) is 0 Å². The summed E-state index contributed by atoms with van der Waals surface area (Å²) < 4.78 is 9.86. The highest BCUT2D eigenvalue weighted by Crippen LogP contribution is 2.26. The van der Waals surface area contributed by atoms with Crippen LogP contribution in [0.3, 0.4) is 0 Å². The molecule has 1 aromatic carbocycles. The highest BCUT2D eigenvalue weighted by Gasteiger charge is 2.13. The van der Waals surface area contributed by atoms with Crippen molar-refractivity contribution < 1.29 is 4.74 Å². The molecule has 0 spiro atoms. The van der Waals surface area contributed by atoms with Crippen LogP contribution in [0.1, 0.15) is 23.9 Å². The molecule has 0 fully saturated rings. The van der Waals surface area contributed by atoms with Crippen molar-refractivity contribution in [3.05, 3.63) is 44.1 Å². The lowest BCUT2D eigenvalue weighted by Crippen LogP contribution is -2.05. The van der Waals surface area contributed by atoms with Gasteiger partial charge in [0.05, 0.1) is 15.9 Å². The molecule has 4 nitrogen and oxygen atoms in total. The van der Waals surface area contributed by atoms with Crippen molar-refractivity contribution in [1.29, 1.82) is 0 Å². The number of aromatic nitrogens is 2. The summed E-state index contributed by atoms with van der Waals surface area (Å²) in [6.07, 6.45) is 1.72. The van der Waals surface area contributed by atoms with E-state index in [2.05, 4.69) is 43.9 Å². The summed E-state index contributed by atoms with van der Waals surface area (Å²) in [5, 5.41) is 4.47. The maximum absolute atomic E-state index is 5.90. The molecular weight excluding hydrogens is 398 g/mol. The Balaban J connectivity index is 2.13. The average molecular weight is 417 g/mol. The minimum atomic E-state index is 0.480. The maximum Gasteiger partial charge on any atom is 0.131 e. The van der Waals surface area contributed by atoms with Gasteiger partial charge in [-0.2, -0.15) is 5.10 Å². The van der Waals surface area contributed by atoms with E-state index in [9.17, 15) is 0 Å². The number of nitrogens with two attached hydrogens (primary N) is 1. The molecule has 114 valence electrons. The smallest absolute Gasteiger partial charge is 0.131 e. The Labute approximate surface area is 141 Å². The van der Waals surface area contributed by atoms with E-state index < -0.39 is 0 Å². The summed E-state index contributed by atoms with van der Waals surface area (Å²) >= 11 is 7.13. The zero-order valence-corrected chi connectivity index (χ0v) is 15.4. The number of nitrogens with zero attached hydrogens (tertiary/aromatic N) is 2. The van der Waals surface area contributed by atoms with E-state index in [1.165, 1.54) is 0 Å². The van der Waals surface area contributed by atoms with Gasteiger partial charge in [-0.25, -0.2) is 0 Å². The van der Waals surface area contributed by atoms with E-state index in [1.54, 1.807) is 0 Å². The van der Waals surface area contributed by atoms with Crippen LogP contribution < -0.4 is 10.5 Å². The molecule has 0 unspecified atom stereocenters. The van der Waals surface area contributed by atoms with Crippen molar-refractivity contribution >= 4 is 31.9 Å². The number of rotatable bonds is 6. The summed E-state index contributed by atoms with van der Waals surface area (Å²) in [6.45, 7) is 3.19. The summed E-state index contributed by atoms with van der Waals surface area (Å²) in [5.41, 5.74) is 8.87. The summed E-state index contributed by atoms with van der Waals surface area (Å²) in [4.78, 5) is 0. The largest absolute Gasteiger partial charge is 0.487 e. The van der Waals surface area contributed by atoms with Gasteiger partial charge in [0.1, 0.15) is 12.4 Å². The van der Waals surface area contributed by atoms with Gasteiger partial charge in [0.2, 0.25) is 0 Å². The summed E-state index contributed by atoms with van der Waals surface area (Å²) in [6, 6.07) is 5.98. The Kier molecular flexibility index (Phi) is 5.84. The predicted octanol–water partition coefficient (Wildman–Crippen LogP) is 3.59. The van der Waals surface area contributed by atoms with Crippen LogP contribution in [0, 0.1) is 0 Å². The molecule has 1 heterocycles. The first-order chi connectivity index (χ1) is 10.1. The van der Waals surface area contributed by atoms with Crippen LogP contribution in [0.15, 0.2) is 27.1 Å². The third-order valence-electron chi connectivity index (χ3n) is 3.31. The van der Waals surface area contributed by atoms with Gasteiger partial charge >= 0.3 is 0 Å². The first-order valence-corrected chi connectivity index (χ1v) is 8.47. The molecule has 2 N–H and O–H groups in total. The molecule has 6 heteroatoms. The molecule has 0 atom stereocenters. The number of hydrogen-bond donors (Lipinski definition) is 1. The van der Waals surface area contributed by atoms with Crippen molar-refractivity contribution in [1.82, 2.24) is 9.78 Å². The molecule has 0 bridgehead atoms. The Morgan fingerprint density at radius 2 is 2.10 bits per heavy atom. The van der Waals surface area contributed by atoms with Gasteiger partial charge in [-0.15, -0.1) is 0 Å². The first-order valence-electron chi connectivity index (χ1n) is 6.88. The van der Waals surface area contributed by atoms with Crippen molar-refractivity contribution in [2.24, 2.45) is 12.8 Å². The fraction of sp³-hybridized carbons (Fsp3) is 0.400. The quantitative estimate of drug-likeness (QED) is 0.782. The zero-order valence-electron chi connectivity index (χ0n) is 12.2. The lowest BCUT2D eigenvalue weighted by atomic mass is 10.1. The van der Waals surface area contributed by atoms with E-state index in [-0.39, 0.29) is 0 Å². The molecule has 0 radical (unpaired) electrons. The van der Waals surface area contributed by atoms with Crippen molar-refractivity contribution in [3.63, 3.8) is 0 Å². The maximum atomic E-state index is 5.90. The lowest BCUT2D eigenvalue weighted by molar-refractivity contribution is 0.294. The molecule has 0 aliphatic heterocycles. The number of ether oxygens (including phenoxy) is 1. The van der Waals surface area contributed by atoms with Crippen molar-refractivity contribution in [2.75, 3.05) is 6.54 Å². The second-order valence-corrected chi connectivity index (χ2v) is 6.41. The molecule has 0 aliphatic rings. The van der Waals surface area contributed by atoms with Crippen LogP contribution in [0.25, 0.3) is 0 Å². The van der Waals surface area contributed by atoms with Gasteiger partial charge in [0, 0.05) is 11.5 Å².